The van der Waals surface area contributed by atoms with E-state index in [1.165, 1.54) is 22.8 Å². The summed E-state index contributed by atoms with van der Waals surface area (Å²) < 4.78 is 8.73. The van der Waals surface area contributed by atoms with Crippen molar-refractivity contribution in [1.82, 2.24) is 4.57 Å². The Morgan fingerprint density at radius 1 is 1.13 bits per heavy atom. The Morgan fingerprint density at radius 3 is 2.77 bits per heavy atom. The fraction of sp³-hybridized carbons (Fsp3) is 0.167. The number of hydrogen-bond acceptors (Lipinski definition) is 3. The van der Waals surface area contributed by atoms with Crippen molar-refractivity contribution in [3.8, 4) is 0 Å². The molecule has 0 fully saturated rings. The lowest BCUT2D eigenvalue weighted by Gasteiger charge is -2.06. The van der Waals surface area contributed by atoms with E-state index in [9.17, 15) is 4.79 Å². The highest BCUT2D eigenvalue weighted by Crippen LogP contribution is 2.27. The van der Waals surface area contributed by atoms with Crippen LogP contribution >= 0.6 is 22.9 Å². The molecule has 4 rings (SSSR count). The van der Waals surface area contributed by atoms with E-state index in [1.54, 1.807) is 12.1 Å². The standard InChI is InChI=1S/C24H21ClN2O2S/c1-2-29-16-15-27-21-13-11-17-7-3-5-9-19(17)23(21)30-24(27)26-22(28)14-12-18-8-4-6-10-20(18)25/h3-14H,2,15-16H2,1H3/b14-12+,26-24?. The predicted molar refractivity (Wildman–Crippen MR) is 125 cm³/mol. The maximum Gasteiger partial charge on any atom is 0.272 e. The van der Waals surface area contributed by atoms with Crippen molar-refractivity contribution in [2.75, 3.05) is 13.2 Å². The van der Waals surface area contributed by atoms with E-state index < -0.39 is 0 Å². The maximum absolute atomic E-state index is 12.6. The molecule has 30 heavy (non-hydrogen) atoms. The number of benzene rings is 3. The van der Waals surface area contributed by atoms with Crippen LogP contribution in [0.1, 0.15) is 12.5 Å². The van der Waals surface area contributed by atoms with E-state index in [4.69, 9.17) is 16.3 Å². The Balaban J connectivity index is 1.77. The van der Waals surface area contributed by atoms with Gasteiger partial charge in [0.25, 0.3) is 5.91 Å². The molecule has 0 N–H and O–H groups in total. The molecule has 0 aliphatic heterocycles. The lowest BCUT2D eigenvalue weighted by Crippen LogP contribution is -2.19. The minimum atomic E-state index is -0.323. The van der Waals surface area contributed by atoms with Crippen molar-refractivity contribution < 1.29 is 9.53 Å². The van der Waals surface area contributed by atoms with E-state index in [2.05, 4.69) is 33.8 Å². The second-order valence-corrected chi connectivity index (χ2v) is 8.06. The van der Waals surface area contributed by atoms with Crippen molar-refractivity contribution in [3.63, 3.8) is 0 Å². The molecule has 0 radical (unpaired) electrons. The first-order valence-electron chi connectivity index (χ1n) is 9.77. The molecule has 1 heterocycles. The monoisotopic (exact) mass is 436 g/mol. The smallest absolute Gasteiger partial charge is 0.272 e. The van der Waals surface area contributed by atoms with Crippen LogP contribution < -0.4 is 4.80 Å². The molecule has 1 amide bonds. The van der Waals surface area contributed by atoms with Gasteiger partial charge in [0, 0.05) is 29.6 Å². The third-order valence-electron chi connectivity index (χ3n) is 4.75. The highest BCUT2D eigenvalue weighted by Gasteiger charge is 2.10. The van der Waals surface area contributed by atoms with Crippen LogP contribution in [0.3, 0.4) is 0 Å². The Bertz CT molecular complexity index is 1300. The fourth-order valence-corrected chi connectivity index (χ4v) is 4.70. The molecule has 0 bridgehead atoms. The first-order valence-corrected chi connectivity index (χ1v) is 11.0. The summed E-state index contributed by atoms with van der Waals surface area (Å²) in [5.74, 6) is -0.323. The molecule has 6 heteroatoms. The SMILES string of the molecule is CCOCCn1c(=NC(=O)/C=C/c2ccccc2Cl)sc2c3ccccc3ccc21. The van der Waals surface area contributed by atoms with E-state index >= 15 is 0 Å². The summed E-state index contributed by atoms with van der Waals surface area (Å²) >= 11 is 7.69. The van der Waals surface area contributed by atoms with Gasteiger partial charge in [0.2, 0.25) is 0 Å². The lowest BCUT2D eigenvalue weighted by molar-refractivity contribution is -0.113. The van der Waals surface area contributed by atoms with Crippen LogP contribution in [0.15, 0.2) is 71.7 Å². The number of hydrogen-bond donors (Lipinski definition) is 0. The molecule has 0 unspecified atom stereocenters. The molecule has 152 valence electrons. The molecule has 0 aliphatic rings. The number of aromatic nitrogens is 1. The highest BCUT2D eigenvalue weighted by molar-refractivity contribution is 7.17. The zero-order valence-electron chi connectivity index (χ0n) is 16.5. The van der Waals surface area contributed by atoms with Crippen molar-refractivity contribution in [3.05, 3.63) is 82.1 Å². The zero-order valence-corrected chi connectivity index (χ0v) is 18.1. The number of ether oxygens (including phenoxy) is 1. The van der Waals surface area contributed by atoms with Crippen LogP contribution in [0.2, 0.25) is 5.02 Å². The number of halogens is 1. The van der Waals surface area contributed by atoms with E-state index in [-0.39, 0.29) is 5.91 Å². The first kappa shape index (κ1) is 20.5. The van der Waals surface area contributed by atoms with Crippen LogP contribution in [0.25, 0.3) is 27.1 Å². The molecule has 0 saturated heterocycles. The van der Waals surface area contributed by atoms with Gasteiger partial charge in [-0.25, -0.2) is 0 Å². The molecule has 0 aliphatic carbocycles. The van der Waals surface area contributed by atoms with E-state index in [0.29, 0.717) is 29.6 Å². The molecule has 0 spiro atoms. The highest BCUT2D eigenvalue weighted by atomic mass is 35.5. The topological polar surface area (TPSA) is 43.6 Å². The summed E-state index contributed by atoms with van der Waals surface area (Å²) in [7, 11) is 0. The van der Waals surface area contributed by atoms with Crippen LogP contribution in [0.4, 0.5) is 0 Å². The van der Waals surface area contributed by atoms with Gasteiger partial charge < -0.3 is 9.30 Å². The second kappa shape index (κ2) is 9.39. The van der Waals surface area contributed by atoms with Crippen molar-refractivity contribution >= 4 is 55.9 Å². The first-order chi connectivity index (χ1) is 14.7. The lowest BCUT2D eigenvalue weighted by atomic mass is 10.1. The summed E-state index contributed by atoms with van der Waals surface area (Å²) in [6.07, 6.45) is 3.15. The summed E-state index contributed by atoms with van der Waals surface area (Å²) in [6.45, 7) is 3.81. The molecule has 3 aromatic carbocycles. The van der Waals surface area contributed by atoms with Crippen molar-refractivity contribution in [2.24, 2.45) is 4.99 Å². The molecular formula is C24H21ClN2O2S. The number of nitrogens with zero attached hydrogens (tertiary/aromatic N) is 2. The largest absolute Gasteiger partial charge is 0.380 e. The van der Waals surface area contributed by atoms with Gasteiger partial charge in [-0.15, -0.1) is 0 Å². The Morgan fingerprint density at radius 2 is 1.93 bits per heavy atom. The average molecular weight is 437 g/mol. The van der Waals surface area contributed by atoms with Crippen LogP contribution in [0.5, 0.6) is 0 Å². The van der Waals surface area contributed by atoms with Gasteiger partial charge in [-0.05, 0) is 36.1 Å². The number of thiazole rings is 1. The molecule has 0 saturated carbocycles. The minimum absolute atomic E-state index is 0.323. The van der Waals surface area contributed by atoms with Gasteiger partial charge >= 0.3 is 0 Å². The maximum atomic E-state index is 12.6. The molecule has 0 atom stereocenters. The van der Waals surface area contributed by atoms with Gasteiger partial charge in [-0.3, -0.25) is 4.79 Å². The van der Waals surface area contributed by atoms with Crippen LogP contribution in [-0.2, 0) is 16.1 Å². The summed E-state index contributed by atoms with van der Waals surface area (Å²) in [5, 5.41) is 2.92. The summed E-state index contributed by atoms with van der Waals surface area (Å²) in [6, 6.07) is 19.8. The van der Waals surface area contributed by atoms with Crippen molar-refractivity contribution in [2.45, 2.75) is 13.5 Å². The normalized spacial score (nSPS) is 12.4. The molecular weight excluding hydrogens is 416 g/mol. The summed E-state index contributed by atoms with van der Waals surface area (Å²) in [5.41, 5.74) is 1.84. The van der Waals surface area contributed by atoms with Gasteiger partial charge in [0.05, 0.1) is 16.8 Å². The number of rotatable bonds is 6. The molecule has 1 aromatic heterocycles. The predicted octanol–water partition coefficient (Wildman–Crippen LogP) is 5.69. The number of carbonyl (C=O) groups is 1. The number of amides is 1. The summed E-state index contributed by atoms with van der Waals surface area (Å²) in [4.78, 5) is 17.6. The van der Waals surface area contributed by atoms with Gasteiger partial charge in [0.15, 0.2) is 4.80 Å². The van der Waals surface area contributed by atoms with E-state index in [1.807, 2.05) is 37.3 Å². The fourth-order valence-electron chi connectivity index (χ4n) is 3.30. The number of carbonyl (C=O) groups excluding carboxylic acids is 1. The van der Waals surface area contributed by atoms with Gasteiger partial charge in [-0.2, -0.15) is 4.99 Å². The number of fused-ring (bicyclic) bond motifs is 3. The van der Waals surface area contributed by atoms with E-state index in [0.717, 1.165) is 21.2 Å². The quantitative estimate of drug-likeness (QED) is 0.288. The van der Waals surface area contributed by atoms with Gasteiger partial charge in [-0.1, -0.05) is 71.5 Å². The molecule has 4 nitrogen and oxygen atoms in total. The minimum Gasteiger partial charge on any atom is -0.380 e. The Hall–Kier alpha value is -2.73. The van der Waals surface area contributed by atoms with Crippen LogP contribution in [-0.4, -0.2) is 23.7 Å². The Labute approximate surface area is 183 Å². The third-order valence-corrected chi connectivity index (χ3v) is 6.23. The Kier molecular flexibility index (Phi) is 6.43. The third kappa shape index (κ3) is 4.38. The van der Waals surface area contributed by atoms with Crippen molar-refractivity contribution in [1.29, 1.82) is 0 Å². The molecule has 4 aromatic rings. The van der Waals surface area contributed by atoms with Gasteiger partial charge in [0.1, 0.15) is 0 Å². The van der Waals surface area contributed by atoms with Crippen LogP contribution in [0, 0.1) is 0 Å². The average Bonchev–Trinajstić information content (AvgIpc) is 3.11. The second-order valence-electron chi connectivity index (χ2n) is 6.67. The zero-order chi connectivity index (χ0) is 20.9.